The third-order valence-electron chi connectivity index (χ3n) is 3.31. The van der Waals surface area contributed by atoms with Gasteiger partial charge in [-0.1, -0.05) is 24.6 Å². The summed E-state index contributed by atoms with van der Waals surface area (Å²) in [6.07, 6.45) is 3.96. The van der Waals surface area contributed by atoms with E-state index in [0.29, 0.717) is 0 Å². The highest BCUT2D eigenvalue weighted by molar-refractivity contribution is 6.30. The highest BCUT2D eigenvalue weighted by Gasteiger charge is 2.14. The van der Waals surface area contributed by atoms with Crippen LogP contribution in [0.2, 0.25) is 5.02 Å². The first-order valence-corrected chi connectivity index (χ1v) is 6.93. The van der Waals surface area contributed by atoms with Crippen molar-refractivity contribution in [3.05, 3.63) is 28.8 Å². The largest absolute Gasteiger partial charge is 0.371 e. The molecule has 1 N–H and O–H groups in total. The van der Waals surface area contributed by atoms with Crippen LogP contribution in [0.25, 0.3) is 0 Å². The number of nitrogens with zero attached hydrogens (tertiary/aromatic N) is 1. The first-order chi connectivity index (χ1) is 8.31. The molecule has 0 bridgehead atoms. The van der Waals surface area contributed by atoms with Crippen LogP contribution in [0.4, 0.5) is 5.69 Å². The van der Waals surface area contributed by atoms with Crippen LogP contribution in [-0.4, -0.2) is 19.6 Å². The average Bonchev–Trinajstić information content (AvgIpc) is 2.38. The molecule has 0 spiro atoms. The maximum absolute atomic E-state index is 6.12. The molecule has 1 aromatic rings. The second-order valence-corrected chi connectivity index (χ2v) is 5.04. The Bertz CT molecular complexity index is 359. The van der Waals surface area contributed by atoms with E-state index < -0.39 is 0 Å². The van der Waals surface area contributed by atoms with E-state index in [1.54, 1.807) is 0 Å². The summed E-state index contributed by atoms with van der Waals surface area (Å²) in [7, 11) is 0. The van der Waals surface area contributed by atoms with Crippen molar-refractivity contribution >= 4 is 17.3 Å². The number of nitrogens with one attached hydrogen (secondary N) is 1. The van der Waals surface area contributed by atoms with Crippen LogP contribution in [0.3, 0.4) is 0 Å². The molecule has 0 unspecified atom stereocenters. The van der Waals surface area contributed by atoms with Gasteiger partial charge in [-0.05, 0) is 43.5 Å². The zero-order chi connectivity index (χ0) is 12.1. The topological polar surface area (TPSA) is 15.3 Å². The molecule has 0 aromatic heterocycles. The number of piperidine rings is 1. The van der Waals surface area contributed by atoms with E-state index in [4.69, 9.17) is 11.6 Å². The van der Waals surface area contributed by atoms with E-state index in [1.807, 2.05) is 6.07 Å². The van der Waals surface area contributed by atoms with Gasteiger partial charge in [-0.15, -0.1) is 0 Å². The predicted molar refractivity (Wildman–Crippen MR) is 74.9 cm³/mol. The number of hydrogen-bond donors (Lipinski definition) is 1. The van der Waals surface area contributed by atoms with Crippen molar-refractivity contribution in [3.8, 4) is 0 Å². The van der Waals surface area contributed by atoms with Crippen molar-refractivity contribution in [1.82, 2.24) is 5.32 Å². The van der Waals surface area contributed by atoms with E-state index in [2.05, 4.69) is 29.3 Å². The van der Waals surface area contributed by atoms with Crippen molar-refractivity contribution < 1.29 is 0 Å². The van der Waals surface area contributed by atoms with Gasteiger partial charge >= 0.3 is 0 Å². The van der Waals surface area contributed by atoms with Gasteiger partial charge in [0.15, 0.2) is 0 Å². The number of benzene rings is 1. The smallest absolute Gasteiger partial charge is 0.0426 e. The van der Waals surface area contributed by atoms with Gasteiger partial charge in [0.2, 0.25) is 0 Å². The number of rotatable bonds is 4. The molecule has 1 heterocycles. The molecular weight excluding hydrogens is 232 g/mol. The van der Waals surface area contributed by atoms with Crippen LogP contribution >= 0.6 is 11.6 Å². The third-order valence-corrected chi connectivity index (χ3v) is 3.54. The van der Waals surface area contributed by atoms with Crippen LogP contribution in [0.1, 0.15) is 31.7 Å². The van der Waals surface area contributed by atoms with Crippen LogP contribution in [-0.2, 0) is 6.54 Å². The fourth-order valence-corrected chi connectivity index (χ4v) is 2.54. The monoisotopic (exact) mass is 252 g/mol. The Hall–Kier alpha value is -0.730. The van der Waals surface area contributed by atoms with Crippen LogP contribution in [0.5, 0.6) is 0 Å². The minimum Gasteiger partial charge on any atom is -0.371 e. The van der Waals surface area contributed by atoms with E-state index >= 15 is 0 Å². The number of hydrogen-bond acceptors (Lipinski definition) is 2. The molecule has 2 nitrogen and oxygen atoms in total. The minimum absolute atomic E-state index is 0.839. The van der Waals surface area contributed by atoms with Gasteiger partial charge in [0.25, 0.3) is 0 Å². The van der Waals surface area contributed by atoms with Crippen LogP contribution in [0, 0.1) is 0 Å². The summed E-state index contributed by atoms with van der Waals surface area (Å²) in [5.74, 6) is 0. The van der Waals surface area contributed by atoms with E-state index in [-0.39, 0.29) is 0 Å². The lowest BCUT2D eigenvalue weighted by Crippen LogP contribution is -2.30. The first-order valence-electron chi connectivity index (χ1n) is 6.55. The number of halogens is 1. The van der Waals surface area contributed by atoms with E-state index in [9.17, 15) is 0 Å². The van der Waals surface area contributed by atoms with Gasteiger partial charge in [0.05, 0.1) is 0 Å². The molecule has 1 aliphatic rings. The summed E-state index contributed by atoms with van der Waals surface area (Å²) in [5, 5.41) is 4.23. The first kappa shape index (κ1) is 12.7. The maximum atomic E-state index is 6.12. The standard InChI is InChI=1S/C14H21ClN2/c1-2-16-11-12-6-7-13(15)10-14(12)17-8-4-3-5-9-17/h6-7,10,16H,2-5,8-9,11H2,1H3. The van der Waals surface area contributed by atoms with Crippen molar-refractivity contribution in [2.75, 3.05) is 24.5 Å². The molecule has 1 aliphatic heterocycles. The fourth-order valence-electron chi connectivity index (χ4n) is 2.38. The van der Waals surface area contributed by atoms with Crippen LogP contribution in [0.15, 0.2) is 18.2 Å². The van der Waals surface area contributed by atoms with Crippen molar-refractivity contribution in [2.45, 2.75) is 32.7 Å². The SMILES string of the molecule is CCNCc1ccc(Cl)cc1N1CCCCC1. The maximum Gasteiger partial charge on any atom is 0.0426 e. The van der Waals surface area contributed by atoms with Gasteiger partial charge in [0, 0.05) is 30.3 Å². The Morgan fingerprint density at radius 2 is 2.00 bits per heavy atom. The van der Waals surface area contributed by atoms with Crippen molar-refractivity contribution in [2.24, 2.45) is 0 Å². The Morgan fingerprint density at radius 3 is 2.71 bits per heavy atom. The highest BCUT2D eigenvalue weighted by Crippen LogP contribution is 2.27. The second kappa shape index (κ2) is 6.27. The molecule has 3 heteroatoms. The summed E-state index contributed by atoms with van der Waals surface area (Å²) in [6.45, 7) is 6.40. The van der Waals surface area contributed by atoms with Gasteiger partial charge in [0.1, 0.15) is 0 Å². The van der Waals surface area contributed by atoms with Crippen LogP contribution < -0.4 is 10.2 Å². The molecule has 17 heavy (non-hydrogen) atoms. The lowest BCUT2D eigenvalue weighted by Gasteiger charge is -2.31. The lowest BCUT2D eigenvalue weighted by atomic mass is 10.1. The van der Waals surface area contributed by atoms with Gasteiger partial charge in [-0.3, -0.25) is 0 Å². The Balaban J connectivity index is 2.19. The summed E-state index contributed by atoms with van der Waals surface area (Å²) in [4.78, 5) is 2.47. The molecule has 94 valence electrons. The quantitative estimate of drug-likeness (QED) is 0.883. The molecule has 1 saturated heterocycles. The zero-order valence-electron chi connectivity index (χ0n) is 10.5. The highest BCUT2D eigenvalue weighted by atomic mass is 35.5. The molecule has 0 radical (unpaired) electrons. The van der Waals surface area contributed by atoms with Crippen molar-refractivity contribution in [1.29, 1.82) is 0 Å². The Kier molecular flexibility index (Phi) is 4.69. The average molecular weight is 253 g/mol. The molecular formula is C14H21ClN2. The lowest BCUT2D eigenvalue weighted by molar-refractivity contribution is 0.575. The Labute approximate surface area is 109 Å². The molecule has 0 aliphatic carbocycles. The molecule has 2 rings (SSSR count). The summed E-state index contributed by atoms with van der Waals surface area (Å²) in [6, 6.07) is 6.25. The van der Waals surface area contributed by atoms with Gasteiger partial charge < -0.3 is 10.2 Å². The summed E-state index contributed by atoms with van der Waals surface area (Å²) >= 11 is 6.12. The van der Waals surface area contributed by atoms with E-state index in [1.165, 1.54) is 43.6 Å². The van der Waals surface area contributed by atoms with Gasteiger partial charge in [-0.25, -0.2) is 0 Å². The molecule has 1 fully saturated rings. The zero-order valence-corrected chi connectivity index (χ0v) is 11.3. The number of anilines is 1. The molecule has 0 atom stereocenters. The minimum atomic E-state index is 0.839. The summed E-state index contributed by atoms with van der Waals surface area (Å²) < 4.78 is 0. The van der Waals surface area contributed by atoms with Crippen molar-refractivity contribution in [3.63, 3.8) is 0 Å². The summed E-state index contributed by atoms with van der Waals surface area (Å²) in [5.41, 5.74) is 2.68. The third kappa shape index (κ3) is 3.36. The molecule has 0 amide bonds. The normalized spacial score (nSPS) is 16.2. The second-order valence-electron chi connectivity index (χ2n) is 4.60. The molecule has 1 aromatic carbocycles. The van der Waals surface area contributed by atoms with E-state index in [0.717, 1.165) is 18.1 Å². The molecule has 0 saturated carbocycles. The van der Waals surface area contributed by atoms with Gasteiger partial charge in [-0.2, -0.15) is 0 Å². The Morgan fingerprint density at radius 1 is 1.24 bits per heavy atom. The fraction of sp³-hybridized carbons (Fsp3) is 0.571. The predicted octanol–water partition coefficient (Wildman–Crippen LogP) is 3.44.